The van der Waals surface area contributed by atoms with Crippen LogP contribution in [0.3, 0.4) is 0 Å². The summed E-state index contributed by atoms with van der Waals surface area (Å²) < 4.78 is 2.46. The number of hydrogen-bond acceptors (Lipinski definition) is 3. The van der Waals surface area contributed by atoms with E-state index in [0.29, 0.717) is 12.1 Å². The molecule has 0 aliphatic carbocycles. The Morgan fingerprint density at radius 1 is 0.975 bits per heavy atom. The average molecular weight is 538 g/mol. The van der Waals surface area contributed by atoms with Gasteiger partial charge in [0.2, 0.25) is 0 Å². The summed E-state index contributed by atoms with van der Waals surface area (Å²) in [5, 5.41) is 13.1. The first-order chi connectivity index (χ1) is 19.1. The standard InChI is InChI=1S/C35H43N3O2/c1-7-8-21-38-30(22-31(35(4,5)6)36-23-26-15-19-28(20-16-26)34(39)40)32(27-17-13-24(2)14-18-27)37-33(38)29-12-10-9-11-25(29)3/h9-20,31,36H,7-8,21-23H2,1-6H3,(H,39,40). The number of aromatic nitrogens is 2. The van der Waals surface area contributed by atoms with Gasteiger partial charge in [0.15, 0.2) is 0 Å². The van der Waals surface area contributed by atoms with Crippen LogP contribution in [0, 0.1) is 19.3 Å². The Morgan fingerprint density at radius 3 is 2.25 bits per heavy atom. The Morgan fingerprint density at radius 2 is 1.65 bits per heavy atom. The van der Waals surface area contributed by atoms with Gasteiger partial charge in [-0.05, 0) is 48.9 Å². The highest BCUT2D eigenvalue weighted by atomic mass is 16.4. The number of hydrogen-bond donors (Lipinski definition) is 2. The first-order valence-corrected chi connectivity index (χ1v) is 14.4. The number of benzene rings is 3. The van der Waals surface area contributed by atoms with Gasteiger partial charge >= 0.3 is 5.97 Å². The Labute approximate surface area is 239 Å². The number of carbonyl (C=O) groups is 1. The number of aromatic carboxylic acids is 1. The van der Waals surface area contributed by atoms with Gasteiger partial charge in [0, 0.05) is 42.4 Å². The third kappa shape index (κ3) is 6.89. The van der Waals surface area contributed by atoms with Crippen molar-refractivity contribution in [3.63, 3.8) is 0 Å². The number of rotatable bonds is 11. The summed E-state index contributed by atoms with van der Waals surface area (Å²) >= 11 is 0. The van der Waals surface area contributed by atoms with Crippen LogP contribution in [0.2, 0.25) is 0 Å². The molecule has 2 N–H and O–H groups in total. The fraction of sp³-hybridized carbons (Fsp3) is 0.371. The van der Waals surface area contributed by atoms with Crippen LogP contribution in [0.5, 0.6) is 0 Å². The van der Waals surface area contributed by atoms with Crippen molar-refractivity contribution in [1.29, 1.82) is 0 Å². The lowest BCUT2D eigenvalue weighted by molar-refractivity contribution is 0.0697. The minimum absolute atomic E-state index is 0.0196. The highest BCUT2D eigenvalue weighted by molar-refractivity contribution is 5.87. The minimum atomic E-state index is -0.902. The largest absolute Gasteiger partial charge is 0.478 e. The molecule has 0 bridgehead atoms. The van der Waals surface area contributed by atoms with Gasteiger partial charge < -0.3 is 15.0 Å². The van der Waals surface area contributed by atoms with Crippen molar-refractivity contribution in [2.24, 2.45) is 5.41 Å². The predicted octanol–water partition coefficient (Wildman–Crippen LogP) is 8.08. The van der Waals surface area contributed by atoms with Crippen LogP contribution in [0.25, 0.3) is 22.6 Å². The third-order valence-corrected chi connectivity index (χ3v) is 7.72. The van der Waals surface area contributed by atoms with Crippen molar-refractivity contribution in [2.75, 3.05) is 0 Å². The quantitative estimate of drug-likeness (QED) is 0.203. The normalized spacial score (nSPS) is 12.4. The van der Waals surface area contributed by atoms with Crippen LogP contribution in [-0.2, 0) is 19.5 Å². The second-order valence-electron chi connectivity index (χ2n) is 11.9. The number of imidazole rings is 1. The van der Waals surface area contributed by atoms with Gasteiger partial charge in [-0.15, -0.1) is 0 Å². The predicted molar refractivity (Wildman–Crippen MR) is 165 cm³/mol. The maximum absolute atomic E-state index is 11.3. The molecular weight excluding hydrogens is 494 g/mol. The van der Waals surface area contributed by atoms with Gasteiger partial charge in [0.25, 0.3) is 0 Å². The lowest BCUT2D eigenvalue weighted by Gasteiger charge is -2.32. The molecule has 0 spiro atoms. The average Bonchev–Trinajstić information content (AvgIpc) is 3.27. The van der Waals surface area contributed by atoms with Gasteiger partial charge in [-0.1, -0.05) is 100 Å². The smallest absolute Gasteiger partial charge is 0.335 e. The molecule has 0 fully saturated rings. The molecule has 5 heteroatoms. The molecule has 1 atom stereocenters. The van der Waals surface area contributed by atoms with Gasteiger partial charge in [-0.3, -0.25) is 0 Å². The first kappa shape index (κ1) is 29.3. The molecule has 0 aliphatic rings. The summed E-state index contributed by atoms with van der Waals surface area (Å²) in [6, 6.07) is 24.6. The monoisotopic (exact) mass is 537 g/mol. The molecule has 1 unspecified atom stereocenters. The van der Waals surface area contributed by atoms with E-state index in [9.17, 15) is 9.90 Å². The molecule has 0 amide bonds. The van der Waals surface area contributed by atoms with E-state index >= 15 is 0 Å². The molecule has 0 aliphatic heterocycles. The fourth-order valence-corrected chi connectivity index (χ4v) is 5.11. The van der Waals surface area contributed by atoms with Gasteiger partial charge in [-0.2, -0.15) is 0 Å². The number of nitrogens with one attached hydrogen (secondary N) is 1. The zero-order chi connectivity index (χ0) is 28.9. The van der Waals surface area contributed by atoms with E-state index in [-0.39, 0.29) is 11.5 Å². The van der Waals surface area contributed by atoms with Crippen LogP contribution in [0.15, 0.2) is 72.8 Å². The lowest BCUT2D eigenvalue weighted by atomic mass is 9.83. The highest BCUT2D eigenvalue weighted by Gasteiger charge is 2.29. The molecule has 0 saturated carbocycles. The van der Waals surface area contributed by atoms with Gasteiger partial charge in [0.05, 0.1) is 11.3 Å². The van der Waals surface area contributed by atoms with E-state index in [1.165, 1.54) is 22.4 Å². The molecular formula is C35H43N3O2. The van der Waals surface area contributed by atoms with Crippen molar-refractivity contribution in [3.05, 3.63) is 101 Å². The van der Waals surface area contributed by atoms with E-state index in [1.807, 2.05) is 12.1 Å². The lowest BCUT2D eigenvalue weighted by Crippen LogP contribution is -2.42. The van der Waals surface area contributed by atoms with Crippen molar-refractivity contribution in [3.8, 4) is 22.6 Å². The van der Waals surface area contributed by atoms with Crippen LogP contribution in [0.1, 0.15) is 73.3 Å². The van der Waals surface area contributed by atoms with Crippen LogP contribution < -0.4 is 5.32 Å². The van der Waals surface area contributed by atoms with E-state index < -0.39 is 5.97 Å². The molecule has 3 aromatic carbocycles. The van der Waals surface area contributed by atoms with E-state index in [4.69, 9.17) is 4.98 Å². The maximum Gasteiger partial charge on any atom is 0.335 e. The van der Waals surface area contributed by atoms with Crippen molar-refractivity contribution in [1.82, 2.24) is 14.9 Å². The summed E-state index contributed by atoms with van der Waals surface area (Å²) in [6.45, 7) is 14.9. The highest BCUT2D eigenvalue weighted by Crippen LogP contribution is 2.34. The maximum atomic E-state index is 11.3. The van der Waals surface area contributed by atoms with E-state index in [2.05, 4.69) is 100.0 Å². The molecule has 5 nitrogen and oxygen atoms in total. The molecule has 1 heterocycles. The summed E-state index contributed by atoms with van der Waals surface area (Å²) in [5.74, 6) is 0.134. The topological polar surface area (TPSA) is 67.2 Å². The van der Waals surface area contributed by atoms with Crippen LogP contribution >= 0.6 is 0 Å². The van der Waals surface area contributed by atoms with Gasteiger partial charge in [0.1, 0.15) is 5.82 Å². The zero-order valence-electron chi connectivity index (χ0n) is 24.8. The second-order valence-corrected chi connectivity index (χ2v) is 11.9. The van der Waals surface area contributed by atoms with Crippen LogP contribution in [-0.4, -0.2) is 26.7 Å². The molecule has 1 aromatic heterocycles. The molecule has 0 radical (unpaired) electrons. The number of unbranched alkanes of at least 4 members (excludes halogenated alkanes) is 1. The van der Waals surface area contributed by atoms with E-state index in [0.717, 1.165) is 48.5 Å². The van der Waals surface area contributed by atoms with Crippen molar-refractivity contribution >= 4 is 5.97 Å². The summed E-state index contributed by atoms with van der Waals surface area (Å²) in [6.07, 6.45) is 3.01. The molecule has 210 valence electrons. The molecule has 40 heavy (non-hydrogen) atoms. The number of nitrogens with zero attached hydrogens (tertiary/aromatic N) is 2. The van der Waals surface area contributed by atoms with Crippen molar-refractivity contribution in [2.45, 2.75) is 79.9 Å². The Balaban J connectivity index is 1.78. The Hall–Kier alpha value is -3.70. The van der Waals surface area contributed by atoms with E-state index in [1.54, 1.807) is 12.1 Å². The molecule has 4 rings (SSSR count). The zero-order valence-corrected chi connectivity index (χ0v) is 24.8. The van der Waals surface area contributed by atoms with Crippen molar-refractivity contribution < 1.29 is 9.90 Å². The molecule has 0 saturated heterocycles. The Kier molecular flexibility index (Phi) is 9.26. The second kappa shape index (κ2) is 12.6. The minimum Gasteiger partial charge on any atom is -0.478 e. The summed E-state index contributed by atoms with van der Waals surface area (Å²) in [7, 11) is 0. The molecule has 4 aromatic rings. The first-order valence-electron chi connectivity index (χ1n) is 14.4. The third-order valence-electron chi connectivity index (χ3n) is 7.72. The number of carboxylic acid groups (broad SMARTS) is 1. The number of aryl methyl sites for hydroxylation is 2. The summed E-state index contributed by atoms with van der Waals surface area (Å²) in [4.78, 5) is 16.6. The summed E-state index contributed by atoms with van der Waals surface area (Å²) in [5.41, 5.74) is 8.44. The van der Waals surface area contributed by atoms with Crippen LogP contribution in [0.4, 0.5) is 0 Å². The SMILES string of the molecule is CCCCn1c(-c2ccccc2C)nc(-c2ccc(C)cc2)c1CC(NCc1ccc(C(=O)O)cc1)C(C)(C)C. The fourth-order valence-electron chi connectivity index (χ4n) is 5.11. The Bertz CT molecular complexity index is 1430. The van der Waals surface area contributed by atoms with Gasteiger partial charge in [-0.25, -0.2) is 9.78 Å². The number of carboxylic acids is 1.